The molecule has 2 aromatic rings. The molecule has 2 rings (SSSR count). The molecule has 1 N–H and O–H groups in total. The number of nitrogens with zero attached hydrogens (tertiary/aromatic N) is 2. The Balaban J connectivity index is 2.62. The van der Waals surface area contributed by atoms with Crippen molar-refractivity contribution in [3.05, 3.63) is 48.7 Å². The number of hydrogen-bond donors (Lipinski definition) is 1. The molecule has 0 amide bonds. The summed E-state index contributed by atoms with van der Waals surface area (Å²) in [5.41, 5.74) is 2.72. The van der Waals surface area contributed by atoms with Gasteiger partial charge in [0.05, 0.1) is 17.8 Å². The fraction of sp³-hybridized carbons (Fsp3) is 0.267. The SMILES string of the molecule is C=CCN(CC)c1cc(CO)nc2ccccc12. The van der Waals surface area contributed by atoms with Crippen molar-refractivity contribution in [1.82, 2.24) is 4.98 Å². The average molecular weight is 242 g/mol. The van der Waals surface area contributed by atoms with Gasteiger partial charge >= 0.3 is 0 Å². The molecule has 0 aliphatic carbocycles. The minimum atomic E-state index is -0.0382. The summed E-state index contributed by atoms with van der Waals surface area (Å²) < 4.78 is 0. The summed E-state index contributed by atoms with van der Waals surface area (Å²) in [6.45, 7) is 7.54. The van der Waals surface area contributed by atoms with Gasteiger partial charge in [0.1, 0.15) is 0 Å². The summed E-state index contributed by atoms with van der Waals surface area (Å²) in [4.78, 5) is 6.65. The van der Waals surface area contributed by atoms with E-state index in [1.165, 1.54) is 0 Å². The Morgan fingerprint density at radius 2 is 2.17 bits per heavy atom. The van der Waals surface area contributed by atoms with Crippen molar-refractivity contribution in [3.63, 3.8) is 0 Å². The van der Waals surface area contributed by atoms with Gasteiger partial charge in [0.25, 0.3) is 0 Å². The highest BCUT2D eigenvalue weighted by atomic mass is 16.3. The van der Waals surface area contributed by atoms with Gasteiger partial charge in [-0.3, -0.25) is 4.98 Å². The highest BCUT2D eigenvalue weighted by Crippen LogP contribution is 2.26. The lowest BCUT2D eigenvalue weighted by Gasteiger charge is -2.23. The Morgan fingerprint density at radius 1 is 1.39 bits per heavy atom. The lowest BCUT2D eigenvalue weighted by molar-refractivity contribution is 0.277. The fourth-order valence-electron chi connectivity index (χ4n) is 2.11. The lowest BCUT2D eigenvalue weighted by Crippen LogP contribution is -2.23. The molecule has 0 aliphatic rings. The second-order valence-corrected chi connectivity index (χ2v) is 4.14. The Kier molecular flexibility index (Phi) is 3.95. The molecule has 0 saturated heterocycles. The van der Waals surface area contributed by atoms with Gasteiger partial charge in [-0.05, 0) is 19.1 Å². The van der Waals surface area contributed by atoms with Crippen LogP contribution < -0.4 is 4.90 Å². The zero-order chi connectivity index (χ0) is 13.0. The first-order valence-electron chi connectivity index (χ1n) is 6.15. The van der Waals surface area contributed by atoms with Gasteiger partial charge in [-0.25, -0.2) is 0 Å². The number of pyridine rings is 1. The van der Waals surface area contributed by atoms with Crippen molar-refractivity contribution in [2.45, 2.75) is 13.5 Å². The van der Waals surface area contributed by atoms with Crippen LogP contribution >= 0.6 is 0 Å². The molecule has 0 spiro atoms. The molecule has 1 aromatic carbocycles. The van der Waals surface area contributed by atoms with E-state index in [9.17, 15) is 5.11 Å². The van der Waals surface area contributed by atoms with Gasteiger partial charge in [-0.1, -0.05) is 24.3 Å². The maximum Gasteiger partial charge on any atom is 0.0854 e. The number of aliphatic hydroxyl groups excluding tert-OH is 1. The van der Waals surface area contributed by atoms with Crippen LogP contribution in [-0.2, 0) is 6.61 Å². The molecule has 0 atom stereocenters. The molecular formula is C15H18N2O. The van der Waals surface area contributed by atoms with E-state index >= 15 is 0 Å². The number of aliphatic hydroxyl groups is 1. The summed E-state index contributed by atoms with van der Waals surface area (Å²) in [6.07, 6.45) is 1.89. The summed E-state index contributed by atoms with van der Waals surface area (Å²) in [6, 6.07) is 9.96. The first-order valence-corrected chi connectivity index (χ1v) is 6.15. The van der Waals surface area contributed by atoms with Crippen LogP contribution in [0.5, 0.6) is 0 Å². The smallest absolute Gasteiger partial charge is 0.0854 e. The zero-order valence-electron chi connectivity index (χ0n) is 10.6. The summed E-state index contributed by atoms with van der Waals surface area (Å²) in [7, 11) is 0. The maximum atomic E-state index is 9.30. The molecule has 0 bridgehead atoms. The van der Waals surface area contributed by atoms with Crippen LogP contribution in [0.4, 0.5) is 5.69 Å². The van der Waals surface area contributed by atoms with Crippen LogP contribution in [0.25, 0.3) is 10.9 Å². The Labute approximate surface area is 107 Å². The van der Waals surface area contributed by atoms with Gasteiger partial charge in [0.2, 0.25) is 0 Å². The summed E-state index contributed by atoms with van der Waals surface area (Å²) >= 11 is 0. The molecule has 0 unspecified atom stereocenters. The topological polar surface area (TPSA) is 36.4 Å². The van der Waals surface area contributed by atoms with E-state index in [0.717, 1.165) is 29.7 Å². The van der Waals surface area contributed by atoms with E-state index in [2.05, 4.69) is 29.5 Å². The van der Waals surface area contributed by atoms with Gasteiger partial charge in [0.15, 0.2) is 0 Å². The maximum absolute atomic E-state index is 9.30. The first-order chi connectivity index (χ1) is 8.80. The number of likely N-dealkylation sites (N-methyl/N-ethyl adjacent to an activating group) is 1. The fourth-order valence-corrected chi connectivity index (χ4v) is 2.11. The van der Waals surface area contributed by atoms with Crippen molar-refractivity contribution < 1.29 is 5.11 Å². The van der Waals surface area contributed by atoms with E-state index in [0.29, 0.717) is 5.69 Å². The van der Waals surface area contributed by atoms with E-state index in [1.54, 1.807) is 0 Å². The van der Waals surface area contributed by atoms with E-state index in [-0.39, 0.29) is 6.61 Å². The molecule has 18 heavy (non-hydrogen) atoms. The third-order valence-corrected chi connectivity index (χ3v) is 2.98. The van der Waals surface area contributed by atoms with Crippen molar-refractivity contribution in [2.24, 2.45) is 0 Å². The lowest BCUT2D eigenvalue weighted by atomic mass is 10.1. The standard InChI is InChI=1S/C15H18N2O/c1-3-9-17(4-2)15-10-12(11-18)16-14-8-6-5-7-13(14)15/h3,5-8,10,18H,1,4,9,11H2,2H3. The minimum absolute atomic E-state index is 0.0382. The highest BCUT2D eigenvalue weighted by molar-refractivity contribution is 5.92. The second-order valence-electron chi connectivity index (χ2n) is 4.14. The number of rotatable bonds is 5. The molecule has 0 saturated carbocycles. The molecule has 0 radical (unpaired) electrons. The number of para-hydroxylation sites is 1. The third kappa shape index (κ3) is 2.36. The van der Waals surface area contributed by atoms with Crippen LogP contribution in [0.2, 0.25) is 0 Å². The Morgan fingerprint density at radius 3 is 2.83 bits per heavy atom. The van der Waals surface area contributed by atoms with Crippen LogP contribution in [0.3, 0.4) is 0 Å². The van der Waals surface area contributed by atoms with Crippen molar-refractivity contribution in [2.75, 3.05) is 18.0 Å². The number of aromatic nitrogens is 1. The van der Waals surface area contributed by atoms with Gasteiger partial charge in [0, 0.05) is 24.2 Å². The predicted octanol–water partition coefficient (Wildman–Crippen LogP) is 2.74. The van der Waals surface area contributed by atoms with Gasteiger partial charge in [-0.2, -0.15) is 0 Å². The van der Waals surface area contributed by atoms with Crippen LogP contribution in [0.1, 0.15) is 12.6 Å². The molecule has 3 heteroatoms. The number of benzene rings is 1. The Hall–Kier alpha value is -1.87. The average Bonchev–Trinajstić information content (AvgIpc) is 2.43. The van der Waals surface area contributed by atoms with E-state index in [4.69, 9.17) is 0 Å². The highest BCUT2D eigenvalue weighted by Gasteiger charge is 2.09. The first kappa shape index (κ1) is 12.6. The predicted molar refractivity (Wildman–Crippen MR) is 75.7 cm³/mol. The zero-order valence-corrected chi connectivity index (χ0v) is 10.6. The molecule has 94 valence electrons. The number of hydrogen-bond acceptors (Lipinski definition) is 3. The van der Waals surface area contributed by atoms with Crippen LogP contribution in [0, 0.1) is 0 Å². The van der Waals surface area contributed by atoms with Crippen LogP contribution in [0.15, 0.2) is 43.0 Å². The molecular weight excluding hydrogens is 224 g/mol. The molecule has 0 fully saturated rings. The molecule has 3 nitrogen and oxygen atoms in total. The summed E-state index contributed by atoms with van der Waals surface area (Å²) in [5, 5.41) is 10.4. The van der Waals surface area contributed by atoms with Crippen molar-refractivity contribution in [1.29, 1.82) is 0 Å². The van der Waals surface area contributed by atoms with Crippen molar-refractivity contribution >= 4 is 16.6 Å². The largest absolute Gasteiger partial charge is 0.390 e. The minimum Gasteiger partial charge on any atom is -0.390 e. The molecule has 1 heterocycles. The van der Waals surface area contributed by atoms with Gasteiger partial charge < -0.3 is 10.0 Å². The number of fused-ring (bicyclic) bond motifs is 1. The normalized spacial score (nSPS) is 10.6. The summed E-state index contributed by atoms with van der Waals surface area (Å²) in [5.74, 6) is 0. The quantitative estimate of drug-likeness (QED) is 0.819. The monoisotopic (exact) mass is 242 g/mol. The molecule has 0 aliphatic heterocycles. The second kappa shape index (κ2) is 5.65. The van der Waals surface area contributed by atoms with Gasteiger partial charge in [-0.15, -0.1) is 6.58 Å². The van der Waals surface area contributed by atoms with Crippen molar-refractivity contribution in [3.8, 4) is 0 Å². The third-order valence-electron chi connectivity index (χ3n) is 2.98. The van der Waals surface area contributed by atoms with Crippen LogP contribution in [-0.4, -0.2) is 23.2 Å². The van der Waals surface area contributed by atoms with E-state index in [1.807, 2.05) is 30.3 Å². The van der Waals surface area contributed by atoms with E-state index < -0.39 is 0 Å². The Bertz CT molecular complexity index is 551. The number of anilines is 1. The molecule has 1 aromatic heterocycles.